The fourth-order valence-electron chi connectivity index (χ4n) is 3.70. The van der Waals surface area contributed by atoms with Crippen molar-refractivity contribution in [1.82, 2.24) is 10.3 Å². The Morgan fingerprint density at radius 3 is 2.35 bits per heavy atom. The van der Waals surface area contributed by atoms with Crippen LogP contribution < -0.4 is 16.0 Å². The molecule has 1 aromatic heterocycles. The zero-order valence-electron chi connectivity index (χ0n) is 21.6. The Balaban J connectivity index is 1.50. The van der Waals surface area contributed by atoms with E-state index < -0.39 is 11.8 Å². The number of pyridine rings is 1. The largest absolute Gasteiger partial charge is 0.325 e. The predicted octanol–water partition coefficient (Wildman–Crippen LogP) is 6.65. The fourth-order valence-corrected chi connectivity index (χ4v) is 4.91. The van der Waals surface area contributed by atoms with Gasteiger partial charge in [-0.1, -0.05) is 54.9 Å². The Bertz CT molecular complexity index is 1510. The summed E-state index contributed by atoms with van der Waals surface area (Å²) in [5.74, 6) is -1.04. The zero-order valence-corrected chi connectivity index (χ0v) is 23.2. The van der Waals surface area contributed by atoms with Crippen molar-refractivity contribution < 1.29 is 14.4 Å². The molecule has 1 unspecified atom stereocenters. The van der Waals surface area contributed by atoms with Gasteiger partial charge in [-0.2, -0.15) is 0 Å². The molecule has 0 aliphatic carbocycles. The van der Waals surface area contributed by atoms with Gasteiger partial charge in [-0.25, -0.2) is 0 Å². The second-order valence-electron chi connectivity index (χ2n) is 8.66. The van der Waals surface area contributed by atoms with Crippen LogP contribution in [0.4, 0.5) is 11.4 Å². The average Bonchev–Trinajstić information content (AvgIpc) is 2.96. The monoisotopic (exact) mass is 570 g/mol. The number of thioether (sulfide) groups is 1. The standard InChI is InChI=1S/C31H27ClN4O3S/c1-2-28(31(39)34-24-14-16-33-17-15-24)40-26-13-7-12-25(20-26)35-30(38)27(19-21-8-6-11-23(32)18-21)36-29(37)22-9-4-3-5-10-22/h3-20,28H,2H2,1H3,(H,35,38)(H,36,37)(H,33,34,39)/b27-19-. The Labute approximate surface area is 242 Å². The highest BCUT2D eigenvalue weighted by atomic mass is 35.5. The maximum absolute atomic E-state index is 13.4. The number of nitrogens with zero attached hydrogens (tertiary/aromatic N) is 1. The quantitative estimate of drug-likeness (QED) is 0.146. The van der Waals surface area contributed by atoms with Crippen molar-refractivity contribution in [3.63, 3.8) is 0 Å². The number of amides is 3. The van der Waals surface area contributed by atoms with Gasteiger partial charge in [0, 0.05) is 39.3 Å². The maximum Gasteiger partial charge on any atom is 0.272 e. The van der Waals surface area contributed by atoms with Crippen LogP contribution in [0.1, 0.15) is 29.3 Å². The van der Waals surface area contributed by atoms with Gasteiger partial charge < -0.3 is 16.0 Å². The first-order valence-corrected chi connectivity index (χ1v) is 13.8. The van der Waals surface area contributed by atoms with Crippen LogP contribution in [0.25, 0.3) is 6.08 Å². The lowest BCUT2D eigenvalue weighted by Crippen LogP contribution is -2.30. The first kappa shape index (κ1) is 28.6. The molecule has 202 valence electrons. The number of anilines is 2. The van der Waals surface area contributed by atoms with Crippen LogP contribution in [0.2, 0.25) is 5.02 Å². The number of carbonyl (C=O) groups excluding carboxylic acids is 3. The van der Waals surface area contributed by atoms with Crippen molar-refractivity contribution in [3.8, 4) is 0 Å². The molecule has 0 spiro atoms. The Hall–Kier alpha value is -4.40. The maximum atomic E-state index is 13.4. The number of nitrogens with one attached hydrogen (secondary N) is 3. The molecule has 0 bridgehead atoms. The molecule has 4 aromatic rings. The minimum absolute atomic E-state index is 0.0531. The summed E-state index contributed by atoms with van der Waals surface area (Å²) in [6, 6.07) is 26.3. The van der Waals surface area contributed by atoms with Crippen LogP contribution in [0.5, 0.6) is 0 Å². The minimum Gasteiger partial charge on any atom is -0.325 e. The van der Waals surface area contributed by atoms with Crippen LogP contribution in [0.15, 0.2) is 114 Å². The van der Waals surface area contributed by atoms with Crippen molar-refractivity contribution in [2.75, 3.05) is 10.6 Å². The molecule has 0 aliphatic heterocycles. The molecule has 0 fully saturated rings. The molecule has 0 saturated carbocycles. The number of benzene rings is 3. The lowest BCUT2D eigenvalue weighted by Gasteiger charge is -2.16. The lowest BCUT2D eigenvalue weighted by molar-refractivity contribution is -0.116. The van der Waals surface area contributed by atoms with Crippen molar-refractivity contribution in [1.29, 1.82) is 0 Å². The van der Waals surface area contributed by atoms with Gasteiger partial charge in [0.1, 0.15) is 5.70 Å². The van der Waals surface area contributed by atoms with Gasteiger partial charge >= 0.3 is 0 Å². The number of hydrogen-bond acceptors (Lipinski definition) is 5. The van der Waals surface area contributed by atoms with E-state index >= 15 is 0 Å². The Morgan fingerprint density at radius 1 is 0.875 bits per heavy atom. The Kier molecular flexibility index (Phi) is 10.1. The number of hydrogen-bond donors (Lipinski definition) is 3. The summed E-state index contributed by atoms with van der Waals surface area (Å²) in [6.07, 6.45) is 5.41. The average molecular weight is 571 g/mol. The van der Waals surface area contributed by atoms with E-state index in [0.29, 0.717) is 33.9 Å². The van der Waals surface area contributed by atoms with Crippen LogP contribution >= 0.6 is 23.4 Å². The molecule has 9 heteroatoms. The summed E-state index contributed by atoms with van der Waals surface area (Å²) >= 11 is 7.53. The third-order valence-corrected chi connectivity index (χ3v) is 7.26. The van der Waals surface area contributed by atoms with Crippen molar-refractivity contribution >= 4 is 58.5 Å². The fraction of sp³-hybridized carbons (Fsp3) is 0.0968. The van der Waals surface area contributed by atoms with Crippen LogP contribution in [0, 0.1) is 0 Å². The Morgan fingerprint density at radius 2 is 1.62 bits per heavy atom. The number of carbonyl (C=O) groups is 3. The summed E-state index contributed by atoms with van der Waals surface area (Å²) in [5, 5.41) is 8.65. The first-order chi connectivity index (χ1) is 19.4. The number of aromatic nitrogens is 1. The molecule has 0 saturated heterocycles. The van der Waals surface area contributed by atoms with E-state index in [9.17, 15) is 14.4 Å². The lowest BCUT2D eigenvalue weighted by atomic mass is 10.1. The summed E-state index contributed by atoms with van der Waals surface area (Å²) in [5.41, 5.74) is 2.32. The van der Waals surface area contributed by atoms with Gasteiger partial charge in [0.05, 0.1) is 5.25 Å². The van der Waals surface area contributed by atoms with Crippen LogP contribution in [-0.2, 0) is 9.59 Å². The van der Waals surface area contributed by atoms with Crippen molar-refractivity contribution in [2.45, 2.75) is 23.5 Å². The molecule has 0 radical (unpaired) electrons. The van der Waals surface area contributed by atoms with Gasteiger partial charge in [-0.3, -0.25) is 19.4 Å². The van der Waals surface area contributed by atoms with Gasteiger partial charge in [-0.15, -0.1) is 11.8 Å². The topological polar surface area (TPSA) is 100 Å². The predicted molar refractivity (Wildman–Crippen MR) is 161 cm³/mol. The molecular formula is C31H27ClN4O3S. The van der Waals surface area contributed by atoms with E-state index in [1.54, 1.807) is 97.3 Å². The van der Waals surface area contributed by atoms with Crippen molar-refractivity contribution in [3.05, 3.63) is 125 Å². The summed E-state index contributed by atoms with van der Waals surface area (Å²) in [6.45, 7) is 1.94. The molecule has 0 aliphatic rings. The van der Waals surface area contributed by atoms with Gasteiger partial charge in [0.25, 0.3) is 11.8 Å². The molecule has 1 heterocycles. The summed E-state index contributed by atoms with van der Waals surface area (Å²) < 4.78 is 0. The van der Waals surface area contributed by atoms with Crippen LogP contribution in [0.3, 0.4) is 0 Å². The highest BCUT2D eigenvalue weighted by molar-refractivity contribution is 8.00. The third kappa shape index (κ3) is 8.30. The number of rotatable bonds is 10. The molecule has 4 rings (SSSR count). The van der Waals surface area contributed by atoms with Crippen molar-refractivity contribution in [2.24, 2.45) is 0 Å². The second-order valence-corrected chi connectivity index (χ2v) is 10.4. The summed E-state index contributed by atoms with van der Waals surface area (Å²) in [7, 11) is 0. The summed E-state index contributed by atoms with van der Waals surface area (Å²) in [4.78, 5) is 43.8. The van der Waals surface area contributed by atoms with Gasteiger partial charge in [-0.05, 0) is 72.7 Å². The highest BCUT2D eigenvalue weighted by Gasteiger charge is 2.19. The van der Waals surface area contributed by atoms with Crippen LogP contribution in [-0.4, -0.2) is 28.0 Å². The van der Waals surface area contributed by atoms with E-state index in [2.05, 4.69) is 20.9 Å². The van der Waals surface area contributed by atoms with E-state index in [0.717, 1.165) is 4.90 Å². The molecule has 3 aromatic carbocycles. The van der Waals surface area contributed by atoms with Gasteiger partial charge in [0.15, 0.2) is 0 Å². The van der Waals surface area contributed by atoms with E-state index in [1.165, 1.54) is 11.8 Å². The zero-order chi connectivity index (χ0) is 28.3. The molecule has 3 N–H and O–H groups in total. The smallest absolute Gasteiger partial charge is 0.272 e. The molecule has 40 heavy (non-hydrogen) atoms. The van der Waals surface area contributed by atoms with E-state index in [-0.39, 0.29) is 16.9 Å². The van der Waals surface area contributed by atoms with E-state index in [1.807, 2.05) is 19.1 Å². The molecular weight excluding hydrogens is 544 g/mol. The molecule has 7 nitrogen and oxygen atoms in total. The minimum atomic E-state index is -0.506. The molecule has 1 atom stereocenters. The second kappa shape index (κ2) is 14.1. The first-order valence-electron chi connectivity index (χ1n) is 12.5. The van der Waals surface area contributed by atoms with Gasteiger partial charge in [0.2, 0.25) is 5.91 Å². The highest BCUT2D eigenvalue weighted by Crippen LogP contribution is 2.29. The SMILES string of the molecule is CCC(Sc1cccc(NC(=O)/C(=C/c2cccc(Cl)c2)NC(=O)c2ccccc2)c1)C(=O)Nc1ccncc1. The number of halogens is 1. The third-order valence-electron chi connectivity index (χ3n) is 5.67. The molecule has 3 amide bonds. The van der Waals surface area contributed by atoms with E-state index in [4.69, 9.17) is 11.6 Å². The normalized spacial score (nSPS) is 11.8.